The molecule has 0 radical (unpaired) electrons. The smallest absolute Gasteiger partial charge is 0.210 e. The molecule has 0 aliphatic rings. The molecule has 0 saturated carbocycles. The highest BCUT2D eigenvalue weighted by Crippen LogP contribution is 2.22. The zero-order valence-electron chi connectivity index (χ0n) is 14.7. The Morgan fingerprint density at radius 2 is 1.64 bits per heavy atom. The van der Waals surface area contributed by atoms with E-state index in [0.717, 1.165) is 11.5 Å². The topological polar surface area (TPSA) is 66.0 Å². The maximum atomic E-state index is 6.11. The molecule has 1 aromatic heterocycles. The van der Waals surface area contributed by atoms with Crippen LogP contribution in [0.4, 0.5) is 0 Å². The van der Waals surface area contributed by atoms with Crippen LogP contribution in [0.2, 0.25) is 0 Å². The lowest BCUT2D eigenvalue weighted by atomic mass is 10.1. The maximum Gasteiger partial charge on any atom is 0.210 e. The summed E-state index contributed by atoms with van der Waals surface area (Å²) in [6.45, 7) is 6.46. The van der Waals surface area contributed by atoms with Crippen LogP contribution in [0.1, 0.15) is 28.1 Å². The average Bonchev–Trinajstić information content (AvgIpc) is 2.92. The standard InChI is InChI=1S/C19H22N4OS/c1-13-4-6-16(7-5-13)12-25-19-22-21-18(23(19)20)11-24-17-9-14(2)8-15(3)10-17/h4-10H,11-12,20H2,1-3H3. The normalized spacial score (nSPS) is 10.8. The summed E-state index contributed by atoms with van der Waals surface area (Å²) in [5.41, 5.74) is 4.81. The number of nitrogens with two attached hydrogens (primary N) is 1. The van der Waals surface area contributed by atoms with Crippen LogP contribution in [0.3, 0.4) is 0 Å². The number of rotatable bonds is 6. The molecule has 5 nitrogen and oxygen atoms in total. The van der Waals surface area contributed by atoms with Gasteiger partial charge in [0.25, 0.3) is 0 Å². The molecule has 130 valence electrons. The highest BCUT2D eigenvalue weighted by Gasteiger charge is 2.11. The van der Waals surface area contributed by atoms with Gasteiger partial charge in [0.15, 0.2) is 5.82 Å². The molecule has 3 aromatic rings. The Kier molecular flexibility index (Phi) is 5.28. The summed E-state index contributed by atoms with van der Waals surface area (Å²) in [5, 5.41) is 8.99. The van der Waals surface area contributed by atoms with E-state index in [-0.39, 0.29) is 6.61 Å². The molecule has 1 heterocycles. The van der Waals surface area contributed by atoms with E-state index >= 15 is 0 Å². The summed E-state index contributed by atoms with van der Waals surface area (Å²) in [6, 6.07) is 14.5. The van der Waals surface area contributed by atoms with E-state index in [1.54, 1.807) is 11.8 Å². The van der Waals surface area contributed by atoms with Gasteiger partial charge in [0, 0.05) is 5.75 Å². The third-order valence-electron chi connectivity index (χ3n) is 3.79. The summed E-state index contributed by atoms with van der Waals surface area (Å²) >= 11 is 1.56. The number of hydrogen-bond acceptors (Lipinski definition) is 5. The molecule has 0 unspecified atom stereocenters. The van der Waals surface area contributed by atoms with Gasteiger partial charge in [-0.2, -0.15) is 0 Å². The summed E-state index contributed by atoms with van der Waals surface area (Å²) in [5.74, 6) is 8.32. The summed E-state index contributed by atoms with van der Waals surface area (Å²) < 4.78 is 7.31. The fourth-order valence-corrected chi connectivity index (χ4v) is 3.33. The van der Waals surface area contributed by atoms with Crippen LogP contribution in [-0.4, -0.2) is 14.9 Å². The van der Waals surface area contributed by atoms with Crippen LogP contribution in [0.25, 0.3) is 0 Å². The van der Waals surface area contributed by atoms with Crippen LogP contribution < -0.4 is 10.6 Å². The second kappa shape index (κ2) is 7.61. The second-order valence-corrected chi connectivity index (χ2v) is 7.10. The highest BCUT2D eigenvalue weighted by atomic mass is 32.2. The van der Waals surface area contributed by atoms with Gasteiger partial charge in [-0.05, 0) is 49.6 Å². The summed E-state index contributed by atoms with van der Waals surface area (Å²) in [4.78, 5) is 0. The average molecular weight is 354 g/mol. The first-order valence-corrected chi connectivity index (χ1v) is 9.08. The molecule has 0 amide bonds. The molecule has 0 spiro atoms. The van der Waals surface area contributed by atoms with Crippen molar-refractivity contribution in [2.75, 3.05) is 5.84 Å². The predicted octanol–water partition coefficient (Wildman–Crippen LogP) is 3.79. The quantitative estimate of drug-likeness (QED) is 0.539. The zero-order chi connectivity index (χ0) is 17.8. The van der Waals surface area contributed by atoms with Crippen LogP contribution in [0, 0.1) is 20.8 Å². The van der Waals surface area contributed by atoms with Gasteiger partial charge in [-0.1, -0.05) is 47.7 Å². The Morgan fingerprint density at radius 1 is 0.960 bits per heavy atom. The van der Waals surface area contributed by atoms with Crippen molar-refractivity contribution < 1.29 is 4.74 Å². The number of thioether (sulfide) groups is 1. The number of hydrogen-bond donors (Lipinski definition) is 1. The molecule has 25 heavy (non-hydrogen) atoms. The first kappa shape index (κ1) is 17.4. The molecule has 0 bridgehead atoms. The lowest BCUT2D eigenvalue weighted by Gasteiger charge is -2.08. The molecule has 2 N–H and O–H groups in total. The molecule has 0 aliphatic carbocycles. The number of aromatic nitrogens is 3. The molecule has 2 aromatic carbocycles. The Labute approximate surface area is 152 Å². The molecule has 0 fully saturated rings. The van der Waals surface area contributed by atoms with Crippen LogP contribution in [-0.2, 0) is 12.4 Å². The lowest BCUT2D eigenvalue weighted by molar-refractivity contribution is 0.291. The van der Waals surface area contributed by atoms with Crippen molar-refractivity contribution in [3.8, 4) is 5.75 Å². The van der Waals surface area contributed by atoms with E-state index in [2.05, 4.69) is 47.5 Å². The van der Waals surface area contributed by atoms with Gasteiger partial charge in [0.2, 0.25) is 5.16 Å². The minimum absolute atomic E-state index is 0.289. The van der Waals surface area contributed by atoms with Gasteiger partial charge in [0.05, 0.1) is 0 Å². The monoisotopic (exact) mass is 354 g/mol. The Hall–Kier alpha value is -2.47. The second-order valence-electron chi connectivity index (χ2n) is 6.16. The van der Waals surface area contributed by atoms with Gasteiger partial charge >= 0.3 is 0 Å². The van der Waals surface area contributed by atoms with Crippen molar-refractivity contribution in [3.05, 3.63) is 70.5 Å². The fraction of sp³-hybridized carbons (Fsp3) is 0.263. The molecular formula is C19H22N4OS. The van der Waals surface area contributed by atoms with E-state index in [1.807, 2.05) is 26.0 Å². The minimum Gasteiger partial charge on any atom is -0.486 e. The van der Waals surface area contributed by atoms with Crippen molar-refractivity contribution in [2.45, 2.75) is 38.3 Å². The van der Waals surface area contributed by atoms with Gasteiger partial charge in [-0.3, -0.25) is 0 Å². The van der Waals surface area contributed by atoms with Gasteiger partial charge in [-0.15, -0.1) is 10.2 Å². The zero-order valence-corrected chi connectivity index (χ0v) is 15.5. The number of benzene rings is 2. The van der Waals surface area contributed by atoms with E-state index in [4.69, 9.17) is 10.6 Å². The highest BCUT2D eigenvalue weighted by molar-refractivity contribution is 7.98. The van der Waals surface area contributed by atoms with Crippen molar-refractivity contribution in [1.29, 1.82) is 0 Å². The largest absolute Gasteiger partial charge is 0.486 e. The number of nitrogens with zero attached hydrogens (tertiary/aromatic N) is 3. The number of aryl methyl sites for hydroxylation is 3. The van der Waals surface area contributed by atoms with Gasteiger partial charge < -0.3 is 10.6 Å². The lowest BCUT2D eigenvalue weighted by Crippen LogP contribution is -2.15. The molecule has 0 atom stereocenters. The fourth-order valence-electron chi connectivity index (χ4n) is 2.50. The van der Waals surface area contributed by atoms with Gasteiger partial charge in [-0.25, -0.2) is 4.68 Å². The van der Waals surface area contributed by atoms with Crippen LogP contribution >= 0.6 is 11.8 Å². The SMILES string of the molecule is Cc1ccc(CSc2nnc(COc3cc(C)cc(C)c3)n2N)cc1. The maximum absolute atomic E-state index is 6.11. The third kappa shape index (κ3) is 4.54. The molecule has 0 saturated heterocycles. The van der Waals surface area contributed by atoms with E-state index in [9.17, 15) is 0 Å². The first-order chi connectivity index (χ1) is 12.0. The summed E-state index contributed by atoms with van der Waals surface area (Å²) in [7, 11) is 0. The molecule has 3 rings (SSSR count). The Bertz CT molecular complexity index is 838. The van der Waals surface area contributed by atoms with E-state index < -0.39 is 0 Å². The third-order valence-corrected chi connectivity index (χ3v) is 4.80. The van der Waals surface area contributed by atoms with Crippen molar-refractivity contribution >= 4 is 11.8 Å². The van der Waals surface area contributed by atoms with Crippen molar-refractivity contribution in [3.63, 3.8) is 0 Å². The van der Waals surface area contributed by atoms with Crippen molar-refractivity contribution in [1.82, 2.24) is 14.9 Å². The molecule has 6 heteroatoms. The first-order valence-electron chi connectivity index (χ1n) is 8.10. The van der Waals surface area contributed by atoms with E-state index in [0.29, 0.717) is 11.0 Å². The van der Waals surface area contributed by atoms with Crippen LogP contribution in [0.5, 0.6) is 5.75 Å². The van der Waals surface area contributed by atoms with Crippen molar-refractivity contribution in [2.24, 2.45) is 0 Å². The minimum atomic E-state index is 0.289. The predicted molar refractivity (Wildman–Crippen MR) is 101 cm³/mol. The van der Waals surface area contributed by atoms with Crippen LogP contribution in [0.15, 0.2) is 47.6 Å². The molecular weight excluding hydrogens is 332 g/mol. The Morgan fingerprint density at radius 3 is 2.32 bits per heavy atom. The number of ether oxygens (including phenoxy) is 1. The number of nitrogen functional groups attached to an aromatic ring is 1. The molecule has 0 aliphatic heterocycles. The van der Waals surface area contributed by atoms with E-state index in [1.165, 1.54) is 26.9 Å². The Balaban J connectivity index is 1.61. The van der Waals surface area contributed by atoms with Gasteiger partial charge in [0.1, 0.15) is 12.4 Å². The summed E-state index contributed by atoms with van der Waals surface area (Å²) in [6.07, 6.45) is 0.